The van der Waals surface area contributed by atoms with E-state index in [9.17, 15) is 0 Å². The summed E-state index contributed by atoms with van der Waals surface area (Å²) in [5.41, 5.74) is 1.15. The average molecular weight is 316 g/mol. The fourth-order valence-electron chi connectivity index (χ4n) is 2.66. The van der Waals surface area contributed by atoms with Gasteiger partial charge in [-0.2, -0.15) is 0 Å². The third-order valence-electron chi connectivity index (χ3n) is 3.86. The van der Waals surface area contributed by atoms with Crippen molar-refractivity contribution in [3.63, 3.8) is 0 Å². The van der Waals surface area contributed by atoms with Gasteiger partial charge in [0.25, 0.3) is 0 Å². The molecule has 1 aromatic rings. The zero-order valence-electron chi connectivity index (χ0n) is 12.9. The van der Waals surface area contributed by atoms with E-state index < -0.39 is 0 Å². The van der Waals surface area contributed by atoms with Gasteiger partial charge in [0.05, 0.1) is 10.0 Å². The van der Waals surface area contributed by atoms with Crippen LogP contribution in [-0.2, 0) is 0 Å². The summed E-state index contributed by atoms with van der Waals surface area (Å²) in [5, 5.41) is 5.03. The van der Waals surface area contributed by atoms with Crippen molar-refractivity contribution < 1.29 is 0 Å². The van der Waals surface area contributed by atoms with E-state index in [1.807, 2.05) is 12.1 Å². The summed E-state index contributed by atoms with van der Waals surface area (Å²) in [6.07, 6.45) is 6.02. The number of rotatable bonds is 9. The molecule has 0 saturated carbocycles. The van der Waals surface area contributed by atoms with Crippen LogP contribution in [0.3, 0.4) is 0 Å². The maximum absolute atomic E-state index is 6.43. The molecule has 0 radical (unpaired) electrons. The first-order valence-electron chi connectivity index (χ1n) is 7.82. The summed E-state index contributed by atoms with van der Waals surface area (Å²) < 4.78 is 0. The van der Waals surface area contributed by atoms with Gasteiger partial charge in [0.2, 0.25) is 0 Å². The van der Waals surface area contributed by atoms with Crippen molar-refractivity contribution >= 4 is 23.2 Å². The second-order valence-corrected chi connectivity index (χ2v) is 6.17. The van der Waals surface area contributed by atoms with E-state index in [2.05, 4.69) is 32.2 Å². The van der Waals surface area contributed by atoms with Crippen LogP contribution in [-0.4, -0.2) is 6.54 Å². The fourth-order valence-corrected chi connectivity index (χ4v) is 3.09. The van der Waals surface area contributed by atoms with Gasteiger partial charge in [-0.05, 0) is 36.9 Å². The van der Waals surface area contributed by atoms with E-state index in [1.54, 1.807) is 0 Å². The van der Waals surface area contributed by atoms with E-state index in [4.69, 9.17) is 23.2 Å². The molecule has 0 aliphatic heterocycles. The monoisotopic (exact) mass is 315 g/mol. The molecular formula is C17H27Cl2N. The quantitative estimate of drug-likeness (QED) is 0.567. The molecule has 0 spiro atoms. The Balaban J connectivity index is 2.99. The molecule has 0 saturated heterocycles. The molecule has 0 aromatic heterocycles. The Labute approximate surface area is 134 Å². The molecule has 2 unspecified atom stereocenters. The molecule has 0 amide bonds. The number of hydrogen-bond acceptors (Lipinski definition) is 1. The summed E-state index contributed by atoms with van der Waals surface area (Å²) in [6.45, 7) is 7.71. The highest BCUT2D eigenvalue weighted by molar-refractivity contribution is 6.42. The number of halogens is 2. The molecule has 0 fully saturated rings. The van der Waals surface area contributed by atoms with Crippen LogP contribution in [0.1, 0.15) is 64.5 Å². The molecule has 1 N–H and O–H groups in total. The Hall–Kier alpha value is -0.240. The topological polar surface area (TPSA) is 12.0 Å². The van der Waals surface area contributed by atoms with E-state index in [-0.39, 0.29) is 0 Å². The standard InChI is InChI=1S/C17H27Cl2N/c1-4-7-9-13(6-3)17(20-12-5-2)14-10-8-11-15(18)16(14)19/h8,10-11,13,17,20H,4-7,9,12H2,1-3H3. The van der Waals surface area contributed by atoms with E-state index in [0.29, 0.717) is 22.0 Å². The zero-order valence-corrected chi connectivity index (χ0v) is 14.4. The van der Waals surface area contributed by atoms with Crippen molar-refractivity contribution in [1.29, 1.82) is 0 Å². The van der Waals surface area contributed by atoms with Gasteiger partial charge >= 0.3 is 0 Å². The van der Waals surface area contributed by atoms with Crippen molar-refractivity contribution in [2.24, 2.45) is 5.92 Å². The van der Waals surface area contributed by atoms with Crippen molar-refractivity contribution in [3.05, 3.63) is 33.8 Å². The number of unbranched alkanes of at least 4 members (excludes halogenated alkanes) is 1. The van der Waals surface area contributed by atoms with E-state index >= 15 is 0 Å². The van der Waals surface area contributed by atoms with Crippen LogP contribution in [0.25, 0.3) is 0 Å². The van der Waals surface area contributed by atoms with E-state index in [0.717, 1.165) is 24.9 Å². The molecule has 114 valence electrons. The van der Waals surface area contributed by atoms with Crippen LogP contribution in [0.15, 0.2) is 18.2 Å². The van der Waals surface area contributed by atoms with Crippen molar-refractivity contribution in [2.75, 3.05) is 6.54 Å². The predicted octanol–water partition coefficient (Wildman–Crippen LogP) is 6.25. The first-order chi connectivity index (χ1) is 9.65. The summed E-state index contributed by atoms with van der Waals surface area (Å²) in [6, 6.07) is 6.27. The molecule has 0 heterocycles. The Kier molecular flexibility index (Phi) is 8.60. The highest BCUT2D eigenvalue weighted by atomic mass is 35.5. The Bertz CT molecular complexity index is 393. The molecule has 1 nitrogen and oxygen atoms in total. The molecule has 0 aliphatic rings. The van der Waals surface area contributed by atoms with Gasteiger partial charge in [-0.25, -0.2) is 0 Å². The highest BCUT2D eigenvalue weighted by Gasteiger charge is 2.23. The number of nitrogens with one attached hydrogen (secondary N) is 1. The lowest BCUT2D eigenvalue weighted by atomic mass is 9.86. The predicted molar refractivity (Wildman–Crippen MR) is 90.8 cm³/mol. The van der Waals surface area contributed by atoms with Crippen LogP contribution in [0, 0.1) is 5.92 Å². The third kappa shape index (κ3) is 4.95. The van der Waals surface area contributed by atoms with Gasteiger partial charge in [-0.1, -0.05) is 75.4 Å². The lowest BCUT2D eigenvalue weighted by Gasteiger charge is -2.29. The van der Waals surface area contributed by atoms with Crippen LogP contribution < -0.4 is 5.32 Å². The second-order valence-electron chi connectivity index (χ2n) is 5.39. The van der Waals surface area contributed by atoms with Crippen LogP contribution in [0.5, 0.6) is 0 Å². The van der Waals surface area contributed by atoms with Gasteiger partial charge in [0.1, 0.15) is 0 Å². The minimum Gasteiger partial charge on any atom is -0.310 e. The highest BCUT2D eigenvalue weighted by Crippen LogP contribution is 2.36. The van der Waals surface area contributed by atoms with Crippen molar-refractivity contribution in [2.45, 2.75) is 58.9 Å². The minimum absolute atomic E-state index is 0.303. The summed E-state index contributed by atoms with van der Waals surface area (Å²) in [7, 11) is 0. The average Bonchev–Trinajstić information content (AvgIpc) is 2.46. The normalized spacial score (nSPS) is 14.2. The Morgan fingerprint density at radius 3 is 2.45 bits per heavy atom. The van der Waals surface area contributed by atoms with Gasteiger partial charge in [0, 0.05) is 6.04 Å². The minimum atomic E-state index is 0.303. The lowest BCUT2D eigenvalue weighted by molar-refractivity contribution is 0.324. The third-order valence-corrected chi connectivity index (χ3v) is 4.69. The summed E-state index contributed by atoms with van der Waals surface area (Å²) in [4.78, 5) is 0. The van der Waals surface area contributed by atoms with Gasteiger partial charge in [-0.3, -0.25) is 0 Å². The Morgan fingerprint density at radius 2 is 1.85 bits per heavy atom. The zero-order chi connectivity index (χ0) is 15.0. The molecule has 20 heavy (non-hydrogen) atoms. The summed E-state index contributed by atoms with van der Waals surface area (Å²) >= 11 is 12.6. The van der Waals surface area contributed by atoms with Crippen molar-refractivity contribution in [1.82, 2.24) is 5.32 Å². The lowest BCUT2D eigenvalue weighted by Crippen LogP contribution is -2.29. The number of hydrogen-bond donors (Lipinski definition) is 1. The fraction of sp³-hybridized carbons (Fsp3) is 0.647. The molecule has 0 bridgehead atoms. The number of benzene rings is 1. The first-order valence-corrected chi connectivity index (χ1v) is 8.58. The van der Waals surface area contributed by atoms with Gasteiger partial charge < -0.3 is 5.32 Å². The van der Waals surface area contributed by atoms with Crippen LogP contribution >= 0.6 is 23.2 Å². The second kappa shape index (κ2) is 9.65. The molecule has 1 aromatic carbocycles. The van der Waals surface area contributed by atoms with Gasteiger partial charge in [0.15, 0.2) is 0 Å². The molecule has 3 heteroatoms. The van der Waals surface area contributed by atoms with Gasteiger partial charge in [-0.15, -0.1) is 0 Å². The first kappa shape index (κ1) is 17.8. The van der Waals surface area contributed by atoms with Crippen LogP contribution in [0.4, 0.5) is 0 Å². The van der Waals surface area contributed by atoms with E-state index in [1.165, 1.54) is 19.3 Å². The largest absolute Gasteiger partial charge is 0.310 e. The maximum atomic E-state index is 6.43. The van der Waals surface area contributed by atoms with Crippen LogP contribution in [0.2, 0.25) is 10.0 Å². The molecule has 0 aliphatic carbocycles. The summed E-state index contributed by atoms with van der Waals surface area (Å²) in [5.74, 6) is 0.609. The maximum Gasteiger partial charge on any atom is 0.0640 e. The SMILES string of the molecule is CCCCC(CC)C(NCCC)c1cccc(Cl)c1Cl. The smallest absolute Gasteiger partial charge is 0.0640 e. The molecule has 1 rings (SSSR count). The Morgan fingerprint density at radius 1 is 1.10 bits per heavy atom. The van der Waals surface area contributed by atoms with Crippen molar-refractivity contribution in [3.8, 4) is 0 Å². The molecular weight excluding hydrogens is 289 g/mol. The molecule has 2 atom stereocenters.